The number of rotatable bonds is 6. The van der Waals surface area contributed by atoms with Crippen molar-refractivity contribution >= 4 is 21.7 Å². The van der Waals surface area contributed by atoms with Crippen LogP contribution in [-0.4, -0.2) is 10.8 Å². The minimum Gasteiger partial charge on any atom is -0.487 e. The van der Waals surface area contributed by atoms with E-state index in [0.29, 0.717) is 11.1 Å². The van der Waals surface area contributed by atoms with Crippen molar-refractivity contribution < 1.29 is 22.7 Å². The van der Waals surface area contributed by atoms with Gasteiger partial charge >= 0.3 is 6.18 Å². The molecule has 0 saturated carbocycles. The maximum absolute atomic E-state index is 12.8. The first-order valence-corrected chi connectivity index (χ1v) is 9.52. The van der Waals surface area contributed by atoms with Gasteiger partial charge in [-0.1, -0.05) is 28.1 Å². The van der Waals surface area contributed by atoms with Gasteiger partial charge in [-0.25, -0.2) is 0 Å². The number of Topliss-reactive ketones (excluding diaryl/α,β-unsaturated/α-hetero) is 1. The molecule has 0 aliphatic heterocycles. The molecule has 152 valence electrons. The average Bonchev–Trinajstić information content (AvgIpc) is 2.73. The van der Waals surface area contributed by atoms with Gasteiger partial charge in [0, 0.05) is 34.4 Å². The van der Waals surface area contributed by atoms with Crippen LogP contribution in [0.1, 0.15) is 32.6 Å². The third-order valence-electron chi connectivity index (χ3n) is 4.27. The lowest BCUT2D eigenvalue weighted by Gasteiger charge is -2.11. The highest BCUT2D eigenvalue weighted by molar-refractivity contribution is 9.10. The monoisotopic (exact) mass is 474 g/mol. The maximum Gasteiger partial charge on any atom is 0.416 e. The molecule has 0 fully saturated rings. The molecule has 0 atom stereocenters. The van der Waals surface area contributed by atoms with Crippen molar-refractivity contribution in [2.24, 2.45) is 0 Å². The third kappa shape index (κ3) is 5.24. The largest absolute Gasteiger partial charge is 0.487 e. The Kier molecular flexibility index (Phi) is 6.53. The van der Waals surface area contributed by atoms with Crippen molar-refractivity contribution in [2.45, 2.75) is 19.2 Å². The quantitative estimate of drug-likeness (QED) is 0.427. The van der Waals surface area contributed by atoms with E-state index in [1.54, 1.807) is 18.5 Å². The topological polar surface area (TPSA) is 63.0 Å². The van der Waals surface area contributed by atoms with Crippen LogP contribution >= 0.6 is 15.9 Å². The zero-order chi connectivity index (χ0) is 21.7. The van der Waals surface area contributed by atoms with E-state index in [-0.39, 0.29) is 34.6 Å². The number of aromatic nitrogens is 1. The number of hydrogen-bond acceptors (Lipinski definition) is 4. The lowest BCUT2D eigenvalue weighted by Crippen LogP contribution is -2.08. The molecular formula is C22H14BrF3N2O2. The maximum atomic E-state index is 12.8. The molecule has 0 aliphatic carbocycles. The second-order valence-electron chi connectivity index (χ2n) is 6.38. The van der Waals surface area contributed by atoms with Crippen molar-refractivity contribution in [3.8, 4) is 11.8 Å². The molecule has 8 heteroatoms. The third-order valence-corrected chi connectivity index (χ3v) is 5.01. The van der Waals surface area contributed by atoms with Crippen LogP contribution in [0, 0.1) is 11.3 Å². The number of benzene rings is 2. The molecule has 2 aromatic carbocycles. The van der Waals surface area contributed by atoms with Gasteiger partial charge in [-0.3, -0.25) is 9.78 Å². The van der Waals surface area contributed by atoms with Crippen molar-refractivity contribution in [3.63, 3.8) is 0 Å². The van der Waals surface area contributed by atoms with Gasteiger partial charge in [0.05, 0.1) is 11.1 Å². The Balaban J connectivity index is 1.78. The zero-order valence-electron chi connectivity index (χ0n) is 15.4. The molecule has 0 amide bonds. The van der Waals surface area contributed by atoms with Gasteiger partial charge < -0.3 is 4.74 Å². The molecule has 1 heterocycles. The summed E-state index contributed by atoms with van der Waals surface area (Å²) < 4.78 is 44.3. The molecule has 0 bridgehead atoms. The minimum atomic E-state index is -4.46. The highest BCUT2D eigenvalue weighted by Crippen LogP contribution is 2.32. The Bertz CT molecular complexity index is 1110. The van der Waals surface area contributed by atoms with Crippen LogP contribution in [-0.2, 0) is 19.2 Å². The molecule has 0 saturated heterocycles. The molecule has 0 radical (unpaired) electrons. The molecule has 30 heavy (non-hydrogen) atoms. The summed E-state index contributed by atoms with van der Waals surface area (Å²) in [6, 6.07) is 13.2. The summed E-state index contributed by atoms with van der Waals surface area (Å²) in [5.74, 6) is -0.0649. The van der Waals surface area contributed by atoms with Gasteiger partial charge in [0.25, 0.3) is 0 Å². The number of ether oxygens (including phenoxy) is 1. The van der Waals surface area contributed by atoms with Crippen LogP contribution < -0.4 is 4.74 Å². The fraction of sp³-hybridized carbons (Fsp3) is 0.136. The molecule has 0 N–H and O–H groups in total. The number of ketones is 1. The van der Waals surface area contributed by atoms with E-state index in [9.17, 15) is 23.2 Å². The van der Waals surface area contributed by atoms with Gasteiger partial charge in [0.15, 0.2) is 5.78 Å². The van der Waals surface area contributed by atoms with Crippen molar-refractivity contribution in [3.05, 3.63) is 93.2 Å². The van der Waals surface area contributed by atoms with E-state index in [2.05, 4.69) is 20.9 Å². The van der Waals surface area contributed by atoms with Gasteiger partial charge in [-0.15, -0.1) is 0 Å². The van der Waals surface area contributed by atoms with Gasteiger partial charge in [-0.05, 0) is 42.0 Å². The number of halogens is 4. The number of pyridine rings is 1. The molecule has 3 aromatic rings. The SMILES string of the molecule is N#Cc1ccc(C(=O)Cc2ccc(C(F)(F)F)cc2Br)cc1OCc1cccnc1. The summed E-state index contributed by atoms with van der Waals surface area (Å²) in [5.41, 5.74) is 0.991. The molecule has 3 rings (SSSR count). The van der Waals surface area contributed by atoms with E-state index >= 15 is 0 Å². The Morgan fingerprint density at radius 3 is 2.60 bits per heavy atom. The fourth-order valence-corrected chi connectivity index (χ4v) is 3.21. The van der Waals surface area contributed by atoms with Crippen molar-refractivity contribution in [1.29, 1.82) is 5.26 Å². The highest BCUT2D eigenvalue weighted by atomic mass is 79.9. The number of hydrogen-bond donors (Lipinski definition) is 0. The van der Waals surface area contributed by atoms with E-state index in [1.807, 2.05) is 12.1 Å². The van der Waals surface area contributed by atoms with E-state index in [4.69, 9.17) is 4.74 Å². The van der Waals surface area contributed by atoms with E-state index < -0.39 is 11.7 Å². The first kappa shape index (κ1) is 21.5. The number of carbonyl (C=O) groups is 1. The molecule has 0 spiro atoms. The highest BCUT2D eigenvalue weighted by Gasteiger charge is 2.30. The van der Waals surface area contributed by atoms with Crippen molar-refractivity contribution in [1.82, 2.24) is 4.98 Å². The first-order valence-electron chi connectivity index (χ1n) is 8.72. The standard InChI is InChI=1S/C22H14BrF3N2O2/c23-19-10-18(22(24,25)26)6-5-15(19)8-20(29)16-3-4-17(11-27)21(9-16)30-13-14-2-1-7-28-12-14/h1-7,9-10,12H,8,13H2. The van der Waals surface area contributed by atoms with Gasteiger partial charge in [0.2, 0.25) is 0 Å². The van der Waals surface area contributed by atoms with E-state index in [1.165, 1.54) is 24.3 Å². The average molecular weight is 475 g/mol. The summed E-state index contributed by atoms with van der Waals surface area (Å²) in [6.45, 7) is 0.171. The summed E-state index contributed by atoms with van der Waals surface area (Å²) in [5, 5.41) is 9.28. The number of nitrogens with zero attached hydrogens (tertiary/aromatic N) is 2. The summed E-state index contributed by atoms with van der Waals surface area (Å²) >= 11 is 3.10. The summed E-state index contributed by atoms with van der Waals surface area (Å²) in [7, 11) is 0. The van der Waals surface area contributed by atoms with Crippen LogP contribution in [0.25, 0.3) is 0 Å². The molecule has 0 unspecified atom stereocenters. The van der Waals surface area contributed by atoms with Crippen LogP contribution in [0.15, 0.2) is 65.4 Å². The normalized spacial score (nSPS) is 11.0. The summed E-state index contributed by atoms with van der Waals surface area (Å²) in [4.78, 5) is 16.7. The second-order valence-corrected chi connectivity index (χ2v) is 7.23. The van der Waals surface area contributed by atoms with Crippen LogP contribution in [0.3, 0.4) is 0 Å². The van der Waals surface area contributed by atoms with E-state index in [0.717, 1.165) is 17.7 Å². The summed E-state index contributed by atoms with van der Waals surface area (Å²) in [6.07, 6.45) is -1.31. The number of carbonyl (C=O) groups excluding carboxylic acids is 1. The smallest absolute Gasteiger partial charge is 0.416 e. The predicted octanol–water partition coefficient (Wildman–Crippen LogP) is 5.74. The lowest BCUT2D eigenvalue weighted by molar-refractivity contribution is -0.137. The molecule has 4 nitrogen and oxygen atoms in total. The molecule has 0 aliphatic rings. The Labute approximate surface area is 179 Å². The van der Waals surface area contributed by atoms with Gasteiger partial charge in [-0.2, -0.15) is 18.4 Å². The number of nitriles is 1. The van der Waals surface area contributed by atoms with Crippen LogP contribution in [0.2, 0.25) is 0 Å². The molecular weight excluding hydrogens is 461 g/mol. The predicted molar refractivity (Wildman–Crippen MR) is 107 cm³/mol. The van der Waals surface area contributed by atoms with Gasteiger partial charge in [0.1, 0.15) is 18.4 Å². The first-order chi connectivity index (χ1) is 14.3. The Hall–Kier alpha value is -3.18. The molecule has 1 aromatic heterocycles. The Morgan fingerprint density at radius 1 is 1.17 bits per heavy atom. The van der Waals surface area contributed by atoms with Crippen LogP contribution in [0.5, 0.6) is 5.75 Å². The second kappa shape index (κ2) is 9.09. The zero-order valence-corrected chi connectivity index (χ0v) is 17.0. The number of alkyl halides is 3. The van der Waals surface area contributed by atoms with Crippen molar-refractivity contribution in [2.75, 3.05) is 0 Å². The Morgan fingerprint density at radius 2 is 1.97 bits per heavy atom. The minimum absolute atomic E-state index is 0.104. The lowest BCUT2D eigenvalue weighted by atomic mass is 10.0. The van der Waals surface area contributed by atoms with Crippen LogP contribution in [0.4, 0.5) is 13.2 Å². The fourth-order valence-electron chi connectivity index (χ4n) is 2.69.